The lowest BCUT2D eigenvalue weighted by molar-refractivity contribution is -0.192. The normalized spacial score (nSPS) is 14.5. The lowest BCUT2D eigenvalue weighted by atomic mass is 10.1. The number of alkyl halides is 3. The maximum Gasteiger partial charge on any atom is 0.490 e. The molecule has 2 aromatic carbocycles. The van der Waals surface area contributed by atoms with Crippen molar-refractivity contribution in [3.05, 3.63) is 86.1 Å². The van der Waals surface area contributed by atoms with Crippen LogP contribution in [0, 0.1) is 5.41 Å². The summed E-state index contributed by atoms with van der Waals surface area (Å²) < 4.78 is 37.6. The molecule has 3 N–H and O–H groups in total. The van der Waals surface area contributed by atoms with Gasteiger partial charge in [-0.05, 0) is 41.8 Å². The Kier molecular flexibility index (Phi) is 10.4. The number of aliphatic carboxylic acids is 1. The SMILES string of the molecule is N=C(Cc1ccc(CCN2C(=O)c3cccc(NC(=O)c4ccc(Cl)s4)c3C2=O)cc1)N1CCOCC1.O=C(O)C(F)(F)F. The molecule has 2 aliphatic heterocycles. The molecule has 0 saturated carbocycles. The molecule has 3 aromatic rings. The number of carbonyl (C=O) groups excluding carboxylic acids is 3. The summed E-state index contributed by atoms with van der Waals surface area (Å²) in [6, 6.07) is 16.0. The molecular weight excluding hydrogens is 625 g/mol. The summed E-state index contributed by atoms with van der Waals surface area (Å²) in [5.74, 6) is -3.35. The Morgan fingerprint density at radius 1 is 1.00 bits per heavy atom. The number of nitrogens with one attached hydrogen (secondary N) is 2. The third-order valence-corrected chi connectivity index (χ3v) is 7.93. The summed E-state index contributed by atoms with van der Waals surface area (Å²) in [5, 5.41) is 18.2. The molecule has 1 aromatic heterocycles. The van der Waals surface area contributed by atoms with E-state index < -0.39 is 18.1 Å². The number of fused-ring (bicyclic) bond motifs is 1. The van der Waals surface area contributed by atoms with E-state index in [1.165, 1.54) is 4.90 Å². The Balaban J connectivity index is 0.000000566. The third-order valence-electron chi connectivity index (χ3n) is 6.70. The second-order valence-corrected chi connectivity index (χ2v) is 11.4. The Morgan fingerprint density at radius 2 is 1.64 bits per heavy atom. The summed E-state index contributed by atoms with van der Waals surface area (Å²) in [5.41, 5.74) is 2.82. The zero-order valence-electron chi connectivity index (χ0n) is 22.9. The van der Waals surface area contributed by atoms with Gasteiger partial charge >= 0.3 is 12.1 Å². The van der Waals surface area contributed by atoms with Crippen LogP contribution in [0.5, 0.6) is 0 Å². The quantitative estimate of drug-likeness (QED) is 0.186. The molecule has 3 amide bonds. The maximum absolute atomic E-state index is 13.2. The molecular formula is C29H26ClF3N4O6S. The van der Waals surface area contributed by atoms with Gasteiger partial charge in [-0.15, -0.1) is 11.3 Å². The minimum Gasteiger partial charge on any atom is -0.475 e. The highest BCUT2D eigenvalue weighted by atomic mass is 35.5. The minimum atomic E-state index is -5.08. The van der Waals surface area contributed by atoms with Crippen molar-refractivity contribution in [1.82, 2.24) is 9.80 Å². The molecule has 232 valence electrons. The monoisotopic (exact) mass is 650 g/mol. The van der Waals surface area contributed by atoms with Crippen LogP contribution in [0.15, 0.2) is 54.6 Å². The average Bonchev–Trinajstić information content (AvgIpc) is 3.54. The van der Waals surface area contributed by atoms with E-state index in [-0.39, 0.29) is 29.5 Å². The van der Waals surface area contributed by atoms with Crippen LogP contribution in [0.25, 0.3) is 0 Å². The third kappa shape index (κ3) is 8.01. The number of rotatable bonds is 7. The number of amidine groups is 1. The number of hydrogen-bond donors (Lipinski definition) is 3. The number of carbonyl (C=O) groups is 4. The van der Waals surface area contributed by atoms with Gasteiger partial charge in [0.25, 0.3) is 17.7 Å². The van der Waals surface area contributed by atoms with Gasteiger partial charge in [0.15, 0.2) is 0 Å². The van der Waals surface area contributed by atoms with E-state index in [4.69, 9.17) is 31.6 Å². The van der Waals surface area contributed by atoms with Crippen molar-refractivity contribution >= 4 is 58.2 Å². The van der Waals surface area contributed by atoms with Gasteiger partial charge in [-0.1, -0.05) is 41.9 Å². The van der Waals surface area contributed by atoms with Gasteiger partial charge in [-0.3, -0.25) is 24.7 Å². The summed E-state index contributed by atoms with van der Waals surface area (Å²) >= 11 is 7.07. The van der Waals surface area contributed by atoms with Crippen LogP contribution in [-0.2, 0) is 22.4 Å². The van der Waals surface area contributed by atoms with E-state index in [2.05, 4.69) is 5.32 Å². The highest BCUT2D eigenvalue weighted by Crippen LogP contribution is 2.31. The van der Waals surface area contributed by atoms with Crippen LogP contribution in [0.2, 0.25) is 4.34 Å². The van der Waals surface area contributed by atoms with Gasteiger partial charge < -0.3 is 20.1 Å². The molecule has 0 radical (unpaired) electrons. The van der Waals surface area contributed by atoms with Gasteiger partial charge in [-0.2, -0.15) is 13.2 Å². The van der Waals surface area contributed by atoms with Crippen LogP contribution in [0.1, 0.15) is 41.5 Å². The summed E-state index contributed by atoms with van der Waals surface area (Å²) in [6.07, 6.45) is -4.03. The van der Waals surface area contributed by atoms with Gasteiger partial charge in [0.05, 0.1) is 39.2 Å². The first-order valence-corrected chi connectivity index (χ1v) is 14.4. The number of thiophene rings is 1. The van der Waals surface area contributed by atoms with E-state index in [9.17, 15) is 27.6 Å². The van der Waals surface area contributed by atoms with Gasteiger partial charge in [-0.25, -0.2) is 4.79 Å². The largest absolute Gasteiger partial charge is 0.490 e. The van der Waals surface area contributed by atoms with Crippen LogP contribution in [0.3, 0.4) is 0 Å². The number of amides is 3. The lowest BCUT2D eigenvalue weighted by Crippen LogP contribution is -2.41. The number of benzene rings is 2. The first kappa shape index (κ1) is 32.6. The van der Waals surface area contributed by atoms with Crippen LogP contribution < -0.4 is 5.32 Å². The molecule has 0 aliphatic carbocycles. The van der Waals surface area contributed by atoms with E-state index in [1.807, 2.05) is 29.2 Å². The fraction of sp³-hybridized carbons (Fsp3) is 0.276. The van der Waals surface area contributed by atoms with E-state index >= 15 is 0 Å². The summed E-state index contributed by atoms with van der Waals surface area (Å²) in [7, 11) is 0. The van der Waals surface area contributed by atoms with Crippen molar-refractivity contribution < 1.29 is 42.2 Å². The van der Waals surface area contributed by atoms with Crippen molar-refractivity contribution in [2.45, 2.75) is 19.0 Å². The van der Waals surface area contributed by atoms with Crippen molar-refractivity contribution in [3.8, 4) is 0 Å². The van der Waals surface area contributed by atoms with Gasteiger partial charge in [0, 0.05) is 26.1 Å². The first-order chi connectivity index (χ1) is 20.8. The molecule has 3 heterocycles. The van der Waals surface area contributed by atoms with Crippen molar-refractivity contribution in [1.29, 1.82) is 5.41 Å². The zero-order chi connectivity index (χ0) is 32.0. The molecule has 44 heavy (non-hydrogen) atoms. The van der Waals surface area contributed by atoms with Gasteiger partial charge in [0.2, 0.25) is 0 Å². The number of imide groups is 1. The minimum absolute atomic E-state index is 0.209. The first-order valence-electron chi connectivity index (χ1n) is 13.2. The predicted octanol–water partition coefficient (Wildman–Crippen LogP) is 4.98. The molecule has 0 spiro atoms. The number of carboxylic acid groups (broad SMARTS) is 1. The number of ether oxygens (including phenoxy) is 1. The zero-order valence-corrected chi connectivity index (χ0v) is 24.5. The molecule has 5 rings (SSSR count). The number of anilines is 1. The second-order valence-electron chi connectivity index (χ2n) is 9.64. The van der Waals surface area contributed by atoms with Crippen LogP contribution in [0.4, 0.5) is 18.9 Å². The van der Waals surface area contributed by atoms with Crippen molar-refractivity contribution in [3.63, 3.8) is 0 Å². The van der Waals surface area contributed by atoms with E-state index in [0.29, 0.717) is 46.8 Å². The highest BCUT2D eigenvalue weighted by Gasteiger charge is 2.38. The standard InChI is InChI=1S/C27H25ClN4O4S.C2HF3O2/c28-22-9-8-21(37-22)25(33)30-20-3-1-2-19-24(20)27(35)32(26(19)34)11-10-17-4-6-18(7-5-17)16-23(29)31-12-14-36-15-13-31;3-2(4,5)1(6)7/h1-9,29H,10-16H2,(H,30,33);(H,6,7). The molecule has 0 atom stereocenters. The molecule has 0 unspecified atom stereocenters. The number of carboxylic acids is 1. The fourth-order valence-corrected chi connectivity index (χ4v) is 5.40. The number of hydrogen-bond acceptors (Lipinski definition) is 7. The van der Waals surface area contributed by atoms with E-state index in [1.54, 1.807) is 30.3 Å². The Bertz CT molecular complexity index is 1570. The van der Waals surface area contributed by atoms with Crippen LogP contribution in [-0.4, -0.2) is 83.5 Å². The molecule has 10 nitrogen and oxygen atoms in total. The fourth-order valence-electron chi connectivity index (χ4n) is 4.46. The smallest absolute Gasteiger partial charge is 0.475 e. The maximum atomic E-state index is 13.2. The molecule has 1 saturated heterocycles. The topological polar surface area (TPSA) is 140 Å². The summed E-state index contributed by atoms with van der Waals surface area (Å²) in [4.78, 5) is 51.4. The van der Waals surface area contributed by atoms with E-state index in [0.717, 1.165) is 35.6 Å². The number of halogens is 4. The number of nitrogens with zero attached hydrogens (tertiary/aromatic N) is 2. The van der Waals surface area contributed by atoms with Gasteiger partial charge in [0.1, 0.15) is 5.84 Å². The second kappa shape index (κ2) is 14.0. The Morgan fingerprint density at radius 3 is 2.23 bits per heavy atom. The van der Waals surface area contributed by atoms with Crippen LogP contribution >= 0.6 is 22.9 Å². The number of morpholine rings is 1. The van der Waals surface area contributed by atoms with Crippen molar-refractivity contribution in [2.75, 3.05) is 38.2 Å². The predicted molar refractivity (Wildman–Crippen MR) is 157 cm³/mol. The summed E-state index contributed by atoms with van der Waals surface area (Å²) in [6.45, 7) is 3.01. The molecule has 2 aliphatic rings. The van der Waals surface area contributed by atoms with Crippen molar-refractivity contribution in [2.24, 2.45) is 0 Å². The Labute approximate surface area is 258 Å². The lowest BCUT2D eigenvalue weighted by Gasteiger charge is -2.29. The molecule has 0 bridgehead atoms. The molecule has 1 fully saturated rings. The molecule has 15 heteroatoms. The Hall–Kier alpha value is -4.27. The highest BCUT2D eigenvalue weighted by molar-refractivity contribution is 7.18. The average molecular weight is 651 g/mol.